The summed E-state index contributed by atoms with van der Waals surface area (Å²) in [4.78, 5) is 36.8. The summed E-state index contributed by atoms with van der Waals surface area (Å²) in [5.74, 6) is -1.65. The molecule has 0 atom stereocenters. The molecule has 3 rings (SSSR count). The lowest BCUT2D eigenvalue weighted by Gasteiger charge is -2.10. The summed E-state index contributed by atoms with van der Waals surface area (Å²) in [6.45, 7) is 3.68. The highest BCUT2D eigenvalue weighted by atomic mass is 32.1. The van der Waals surface area contributed by atoms with Crippen LogP contribution in [0.3, 0.4) is 0 Å². The van der Waals surface area contributed by atoms with Crippen LogP contribution in [0.4, 0.5) is 5.69 Å². The number of hydrazone groups is 1. The van der Waals surface area contributed by atoms with Gasteiger partial charge in [-0.2, -0.15) is 5.10 Å². The third-order valence-corrected chi connectivity index (χ3v) is 5.27. The van der Waals surface area contributed by atoms with Crippen molar-refractivity contribution in [2.45, 2.75) is 13.8 Å². The Hall–Kier alpha value is -3.98. The molecule has 2 amide bonds. The summed E-state index contributed by atoms with van der Waals surface area (Å²) in [6, 6.07) is 13.7. The Morgan fingerprint density at radius 1 is 0.969 bits per heavy atom. The number of ether oxygens (including phenoxy) is 2. The van der Waals surface area contributed by atoms with Crippen LogP contribution in [0, 0.1) is 13.8 Å². The minimum Gasteiger partial charge on any atom is -0.493 e. The first-order valence-corrected chi connectivity index (χ1v) is 10.4. The lowest BCUT2D eigenvalue weighted by Crippen LogP contribution is -2.32. The van der Waals surface area contributed by atoms with Crippen molar-refractivity contribution in [2.75, 3.05) is 12.4 Å². The lowest BCUT2D eigenvalue weighted by atomic mass is 10.1. The maximum absolute atomic E-state index is 12.1. The van der Waals surface area contributed by atoms with Crippen molar-refractivity contribution in [1.82, 2.24) is 5.43 Å². The number of methoxy groups -OCH3 is 1. The first-order valence-electron chi connectivity index (χ1n) is 9.53. The van der Waals surface area contributed by atoms with Crippen LogP contribution in [0.25, 0.3) is 0 Å². The zero-order chi connectivity index (χ0) is 23.1. The quantitative estimate of drug-likeness (QED) is 0.196. The van der Waals surface area contributed by atoms with Gasteiger partial charge < -0.3 is 14.8 Å². The van der Waals surface area contributed by atoms with Crippen molar-refractivity contribution in [3.63, 3.8) is 0 Å². The highest BCUT2D eigenvalue weighted by Crippen LogP contribution is 2.29. The van der Waals surface area contributed by atoms with Gasteiger partial charge in [-0.05, 0) is 60.2 Å². The molecule has 0 spiro atoms. The van der Waals surface area contributed by atoms with Gasteiger partial charge in [-0.1, -0.05) is 24.3 Å². The van der Waals surface area contributed by atoms with Crippen LogP contribution in [0.5, 0.6) is 11.5 Å². The Kier molecular flexibility index (Phi) is 7.35. The van der Waals surface area contributed by atoms with Crippen molar-refractivity contribution in [3.8, 4) is 11.5 Å². The third kappa shape index (κ3) is 5.58. The molecule has 0 saturated heterocycles. The number of esters is 1. The number of para-hydroxylation sites is 1. The zero-order valence-corrected chi connectivity index (χ0v) is 18.5. The molecule has 3 aromatic rings. The Labute approximate surface area is 188 Å². The SMILES string of the molecule is COc1cc(/C=N/NC(=O)C(=O)Nc2c(C)cccc2C)ccc1OC(=O)c1cccs1. The molecular weight excluding hydrogens is 430 g/mol. The van der Waals surface area contributed by atoms with E-state index in [1.54, 1.807) is 35.7 Å². The monoisotopic (exact) mass is 451 g/mol. The zero-order valence-electron chi connectivity index (χ0n) is 17.7. The van der Waals surface area contributed by atoms with E-state index in [1.165, 1.54) is 24.7 Å². The van der Waals surface area contributed by atoms with Crippen LogP contribution < -0.4 is 20.2 Å². The van der Waals surface area contributed by atoms with E-state index in [0.29, 0.717) is 21.9 Å². The second kappa shape index (κ2) is 10.4. The number of hydrogen-bond donors (Lipinski definition) is 2. The van der Waals surface area contributed by atoms with Crippen molar-refractivity contribution in [2.24, 2.45) is 5.10 Å². The number of carbonyl (C=O) groups is 3. The van der Waals surface area contributed by atoms with Gasteiger partial charge in [0.15, 0.2) is 11.5 Å². The summed E-state index contributed by atoms with van der Waals surface area (Å²) >= 11 is 1.28. The largest absolute Gasteiger partial charge is 0.493 e. The second-order valence-electron chi connectivity index (χ2n) is 6.70. The molecule has 164 valence electrons. The van der Waals surface area contributed by atoms with Crippen LogP contribution in [0.2, 0.25) is 0 Å². The fourth-order valence-electron chi connectivity index (χ4n) is 2.79. The van der Waals surface area contributed by atoms with Gasteiger partial charge in [-0.3, -0.25) is 9.59 Å². The van der Waals surface area contributed by atoms with Crippen molar-refractivity contribution < 1.29 is 23.9 Å². The molecule has 0 aliphatic rings. The molecule has 0 aliphatic carbocycles. The summed E-state index contributed by atoms with van der Waals surface area (Å²) in [5.41, 5.74) is 5.04. The van der Waals surface area contributed by atoms with Crippen molar-refractivity contribution in [1.29, 1.82) is 0 Å². The number of aryl methyl sites for hydroxylation is 2. The van der Waals surface area contributed by atoms with E-state index in [0.717, 1.165) is 11.1 Å². The summed E-state index contributed by atoms with van der Waals surface area (Å²) in [7, 11) is 1.44. The van der Waals surface area contributed by atoms with Crippen LogP contribution >= 0.6 is 11.3 Å². The maximum Gasteiger partial charge on any atom is 0.353 e. The van der Waals surface area contributed by atoms with Crippen LogP contribution in [0.1, 0.15) is 26.4 Å². The molecule has 1 aromatic heterocycles. The molecule has 32 heavy (non-hydrogen) atoms. The number of rotatable bonds is 6. The third-order valence-electron chi connectivity index (χ3n) is 4.42. The minimum absolute atomic E-state index is 0.250. The first kappa shape index (κ1) is 22.7. The molecule has 8 nitrogen and oxygen atoms in total. The van der Waals surface area contributed by atoms with Gasteiger partial charge in [0.05, 0.1) is 13.3 Å². The number of thiophene rings is 1. The number of hydrogen-bond acceptors (Lipinski definition) is 7. The molecule has 0 saturated carbocycles. The summed E-state index contributed by atoms with van der Waals surface area (Å²) in [6.07, 6.45) is 1.34. The highest BCUT2D eigenvalue weighted by Gasteiger charge is 2.16. The number of nitrogens with zero attached hydrogens (tertiary/aromatic N) is 1. The van der Waals surface area contributed by atoms with E-state index in [4.69, 9.17) is 9.47 Å². The number of anilines is 1. The molecule has 2 aromatic carbocycles. The first-order chi connectivity index (χ1) is 15.4. The highest BCUT2D eigenvalue weighted by molar-refractivity contribution is 7.12. The molecule has 0 bridgehead atoms. The van der Waals surface area contributed by atoms with Gasteiger partial charge in [-0.15, -0.1) is 11.3 Å². The van der Waals surface area contributed by atoms with Gasteiger partial charge in [0.25, 0.3) is 0 Å². The van der Waals surface area contributed by atoms with Gasteiger partial charge in [0.1, 0.15) is 4.88 Å². The van der Waals surface area contributed by atoms with Crippen LogP contribution in [-0.4, -0.2) is 31.1 Å². The van der Waals surface area contributed by atoms with E-state index in [1.807, 2.05) is 32.0 Å². The van der Waals surface area contributed by atoms with E-state index >= 15 is 0 Å². The predicted molar refractivity (Wildman–Crippen MR) is 123 cm³/mol. The number of nitrogens with one attached hydrogen (secondary N) is 2. The molecule has 0 fully saturated rings. The Bertz CT molecular complexity index is 1150. The number of carbonyl (C=O) groups excluding carboxylic acids is 3. The smallest absolute Gasteiger partial charge is 0.353 e. The van der Waals surface area contributed by atoms with E-state index in [-0.39, 0.29) is 5.75 Å². The predicted octanol–water partition coefficient (Wildman–Crippen LogP) is 3.68. The molecule has 9 heteroatoms. The average Bonchev–Trinajstić information content (AvgIpc) is 3.32. The fraction of sp³-hybridized carbons (Fsp3) is 0.130. The summed E-state index contributed by atoms with van der Waals surface area (Å²) in [5, 5.41) is 8.18. The Balaban J connectivity index is 1.61. The molecule has 0 radical (unpaired) electrons. The van der Waals surface area contributed by atoms with Gasteiger partial charge >= 0.3 is 17.8 Å². The topological polar surface area (TPSA) is 106 Å². The average molecular weight is 452 g/mol. The molecule has 0 unspecified atom stereocenters. The molecule has 1 heterocycles. The fourth-order valence-corrected chi connectivity index (χ4v) is 3.39. The number of amides is 2. The van der Waals surface area contributed by atoms with E-state index < -0.39 is 17.8 Å². The normalized spacial score (nSPS) is 10.6. The second-order valence-corrected chi connectivity index (χ2v) is 7.64. The van der Waals surface area contributed by atoms with E-state index in [9.17, 15) is 14.4 Å². The Morgan fingerprint density at radius 2 is 1.72 bits per heavy atom. The maximum atomic E-state index is 12.1. The Morgan fingerprint density at radius 3 is 2.38 bits per heavy atom. The van der Waals surface area contributed by atoms with Crippen molar-refractivity contribution in [3.05, 3.63) is 75.5 Å². The van der Waals surface area contributed by atoms with Gasteiger partial charge in [0.2, 0.25) is 0 Å². The summed E-state index contributed by atoms with van der Waals surface area (Å²) < 4.78 is 10.6. The van der Waals surface area contributed by atoms with Crippen LogP contribution in [-0.2, 0) is 9.59 Å². The standard InChI is InChI=1S/C23H21N3O5S/c1-14-6-4-7-15(2)20(14)25-21(27)22(28)26-24-13-16-9-10-17(18(12-16)30-3)31-23(29)19-8-5-11-32-19/h4-13H,1-3H3,(H,25,27)(H,26,28)/b24-13+. The minimum atomic E-state index is -0.905. The van der Waals surface area contributed by atoms with Gasteiger partial charge in [-0.25, -0.2) is 10.2 Å². The number of benzene rings is 2. The molecule has 2 N–H and O–H groups in total. The van der Waals surface area contributed by atoms with Crippen LogP contribution in [0.15, 0.2) is 59.0 Å². The lowest BCUT2D eigenvalue weighted by molar-refractivity contribution is -0.136. The molecular formula is C23H21N3O5S. The van der Waals surface area contributed by atoms with Crippen molar-refractivity contribution >= 4 is 41.0 Å². The van der Waals surface area contributed by atoms with Gasteiger partial charge in [0, 0.05) is 5.69 Å². The molecule has 0 aliphatic heterocycles. The van der Waals surface area contributed by atoms with E-state index in [2.05, 4.69) is 15.8 Å².